The Kier molecular flexibility index (Phi) is 6.51. The number of aromatic nitrogens is 1. The zero-order chi connectivity index (χ0) is 18.7. The number of hydrogen-bond acceptors (Lipinski definition) is 3. The quantitative estimate of drug-likeness (QED) is 0.632. The molecule has 3 rings (SSSR count). The monoisotopic (exact) mass is 398 g/mol. The Bertz CT molecular complexity index is 910. The van der Waals surface area contributed by atoms with Crippen LogP contribution in [0.4, 0.5) is 13.2 Å². The van der Waals surface area contributed by atoms with E-state index < -0.39 is 24.8 Å². The van der Waals surface area contributed by atoms with E-state index in [0.717, 1.165) is 27.6 Å². The molecule has 8 heteroatoms. The maximum atomic E-state index is 12.1. The molecule has 27 heavy (non-hydrogen) atoms. The largest absolute Gasteiger partial charge is 0.455 e. The van der Waals surface area contributed by atoms with Gasteiger partial charge in [0.25, 0.3) is 0 Å². The van der Waals surface area contributed by atoms with Crippen LogP contribution < -0.4 is 5.73 Å². The van der Waals surface area contributed by atoms with Gasteiger partial charge in [-0.2, -0.15) is 13.2 Å². The Morgan fingerprint density at radius 2 is 1.81 bits per heavy atom. The van der Waals surface area contributed by atoms with E-state index in [9.17, 15) is 18.0 Å². The molecule has 144 valence electrons. The molecule has 0 radical (unpaired) electrons. The van der Waals surface area contributed by atoms with Gasteiger partial charge >= 0.3 is 12.1 Å². The summed E-state index contributed by atoms with van der Waals surface area (Å²) < 4.78 is 40.7. The van der Waals surface area contributed by atoms with Crippen LogP contribution in [0.5, 0.6) is 0 Å². The summed E-state index contributed by atoms with van der Waals surface area (Å²) in [5, 5.41) is 0.866. The van der Waals surface area contributed by atoms with Gasteiger partial charge in [0, 0.05) is 23.5 Å². The van der Waals surface area contributed by atoms with E-state index in [-0.39, 0.29) is 18.8 Å². The molecule has 0 aliphatic heterocycles. The fourth-order valence-electron chi connectivity index (χ4n) is 2.74. The van der Waals surface area contributed by atoms with Gasteiger partial charge in [-0.3, -0.25) is 4.79 Å². The number of ether oxygens (including phenoxy) is 1. The van der Waals surface area contributed by atoms with Crippen molar-refractivity contribution in [2.24, 2.45) is 5.73 Å². The molecule has 0 aliphatic rings. The molecule has 1 atom stereocenters. The lowest BCUT2D eigenvalue weighted by molar-refractivity contribution is -0.187. The van der Waals surface area contributed by atoms with Gasteiger partial charge in [0.2, 0.25) is 0 Å². The minimum Gasteiger partial charge on any atom is -0.455 e. The maximum Gasteiger partial charge on any atom is 0.422 e. The summed E-state index contributed by atoms with van der Waals surface area (Å²) >= 11 is 0. The first kappa shape index (κ1) is 20.8. The second kappa shape index (κ2) is 8.45. The lowest BCUT2D eigenvalue weighted by Crippen LogP contribution is -2.36. The number of H-pyrrole nitrogens is 1. The average molecular weight is 399 g/mol. The molecule has 3 N–H and O–H groups in total. The van der Waals surface area contributed by atoms with Crippen LogP contribution in [0, 0.1) is 0 Å². The molecule has 1 aromatic heterocycles. The highest BCUT2D eigenvalue weighted by atomic mass is 35.5. The zero-order valence-electron chi connectivity index (χ0n) is 14.1. The Labute approximate surface area is 159 Å². The van der Waals surface area contributed by atoms with Crippen molar-refractivity contribution in [1.29, 1.82) is 0 Å². The van der Waals surface area contributed by atoms with Gasteiger partial charge in [-0.05, 0) is 28.8 Å². The number of fused-ring (bicyclic) bond motifs is 1. The minimum absolute atomic E-state index is 0. The van der Waals surface area contributed by atoms with Crippen molar-refractivity contribution < 1.29 is 22.7 Å². The SMILES string of the molecule is Cl.N[C@@H](Cc1c[nH]c2ccc(-c3ccccc3)cc12)C(=O)OCC(F)(F)F. The van der Waals surface area contributed by atoms with Crippen LogP contribution in [0.1, 0.15) is 5.56 Å². The number of benzene rings is 2. The van der Waals surface area contributed by atoms with E-state index in [0.29, 0.717) is 0 Å². The second-order valence-electron chi connectivity index (χ2n) is 5.97. The van der Waals surface area contributed by atoms with E-state index in [1.54, 1.807) is 6.20 Å². The first-order valence-electron chi connectivity index (χ1n) is 7.98. The summed E-state index contributed by atoms with van der Waals surface area (Å²) in [6.45, 7) is -1.63. The number of nitrogens with two attached hydrogens (primary N) is 1. The third-order valence-electron chi connectivity index (χ3n) is 4.00. The molecule has 0 unspecified atom stereocenters. The van der Waals surface area contributed by atoms with Gasteiger partial charge in [-0.1, -0.05) is 36.4 Å². The highest BCUT2D eigenvalue weighted by Crippen LogP contribution is 2.27. The van der Waals surface area contributed by atoms with Gasteiger partial charge in [0.1, 0.15) is 6.04 Å². The van der Waals surface area contributed by atoms with Crippen LogP contribution in [-0.2, 0) is 16.0 Å². The van der Waals surface area contributed by atoms with Crippen molar-refractivity contribution >= 4 is 29.3 Å². The van der Waals surface area contributed by atoms with E-state index in [4.69, 9.17) is 5.73 Å². The van der Waals surface area contributed by atoms with Crippen molar-refractivity contribution in [3.8, 4) is 11.1 Å². The fourth-order valence-corrected chi connectivity index (χ4v) is 2.74. The van der Waals surface area contributed by atoms with E-state index >= 15 is 0 Å². The Morgan fingerprint density at radius 1 is 1.11 bits per heavy atom. The van der Waals surface area contributed by atoms with Crippen molar-refractivity contribution in [2.45, 2.75) is 18.6 Å². The molecular weight excluding hydrogens is 381 g/mol. The number of aromatic amines is 1. The van der Waals surface area contributed by atoms with Crippen molar-refractivity contribution in [3.63, 3.8) is 0 Å². The average Bonchev–Trinajstić information content (AvgIpc) is 3.02. The topological polar surface area (TPSA) is 68.1 Å². The smallest absolute Gasteiger partial charge is 0.422 e. The van der Waals surface area contributed by atoms with Gasteiger partial charge in [-0.25, -0.2) is 0 Å². The molecule has 0 spiro atoms. The normalized spacial score (nSPS) is 12.4. The number of carbonyl (C=O) groups is 1. The molecule has 0 amide bonds. The highest BCUT2D eigenvalue weighted by Gasteiger charge is 2.31. The molecule has 0 bridgehead atoms. The molecule has 2 aromatic carbocycles. The summed E-state index contributed by atoms with van der Waals surface area (Å²) in [6.07, 6.45) is -2.79. The number of carbonyl (C=O) groups excluding carboxylic acids is 1. The maximum absolute atomic E-state index is 12.1. The summed E-state index contributed by atoms with van der Waals surface area (Å²) in [5.41, 5.74) is 9.35. The number of rotatable bonds is 5. The molecule has 0 saturated carbocycles. The Morgan fingerprint density at radius 3 is 2.48 bits per heavy atom. The first-order valence-corrected chi connectivity index (χ1v) is 7.98. The van der Waals surface area contributed by atoms with Crippen LogP contribution in [0.15, 0.2) is 54.7 Å². The van der Waals surface area contributed by atoms with E-state index in [1.165, 1.54) is 0 Å². The summed E-state index contributed by atoms with van der Waals surface area (Å²) in [5.74, 6) is -1.07. The summed E-state index contributed by atoms with van der Waals surface area (Å²) in [4.78, 5) is 14.8. The standard InChI is InChI=1S/C19H17F3N2O2.ClH/c20-19(21,22)11-26-18(25)16(23)9-14-10-24-17-7-6-13(8-15(14)17)12-4-2-1-3-5-12;/h1-8,10,16,24H,9,11,23H2;1H/t16-;/m0./s1. The number of esters is 1. The summed E-state index contributed by atoms with van der Waals surface area (Å²) in [6, 6.07) is 14.4. The van der Waals surface area contributed by atoms with Crippen LogP contribution in [-0.4, -0.2) is 29.8 Å². The molecular formula is C19H18ClF3N2O2. The third-order valence-corrected chi connectivity index (χ3v) is 4.00. The molecule has 3 aromatic rings. The molecule has 1 heterocycles. The van der Waals surface area contributed by atoms with E-state index in [1.807, 2.05) is 48.5 Å². The number of halogens is 4. The van der Waals surface area contributed by atoms with Crippen molar-refractivity contribution in [1.82, 2.24) is 4.98 Å². The second-order valence-corrected chi connectivity index (χ2v) is 5.97. The van der Waals surface area contributed by atoms with Gasteiger partial charge in [0.15, 0.2) is 6.61 Å². The van der Waals surface area contributed by atoms with Gasteiger partial charge < -0.3 is 15.5 Å². The molecule has 0 aliphatic carbocycles. The van der Waals surface area contributed by atoms with Crippen molar-refractivity contribution in [2.75, 3.05) is 6.61 Å². The van der Waals surface area contributed by atoms with E-state index in [2.05, 4.69) is 9.72 Å². The summed E-state index contributed by atoms with van der Waals surface area (Å²) in [7, 11) is 0. The third kappa shape index (κ3) is 5.24. The van der Waals surface area contributed by atoms with Crippen LogP contribution in [0.2, 0.25) is 0 Å². The Hall–Kier alpha value is -2.51. The van der Waals surface area contributed by atoms with Crippen LogP contribution in [0.3, 0.4) is 0 Å². The number of alkyl halides is 3. The van der Waals surface area contributed by atoms with Crippen LogP contribution in [0.25, 0.3) is 22.0 Å². The lowest BCUT2D eigenvalue weighted by Gasteiger charge is -2.12. The molecule has 4 nitrogen and oxygen atoms in total. The first-order chi connectivity index (χ1) is 12.3. The van der Waals surface area contributed by atoms with Gasteiger partial charge in [0.05, 0.1) is 0 Å². The number of nitrogens with one attached hydrogen (secondary N) is 1. The zero-order valence-corrected chi connectivity index (χ0v) is 14.9. The van der Waals surface area contributed by atoms with Gasteiger partial charge in [-0.15, -0.1) is 12.4 Å². The number of hydrogen-bond donors (Lipinski definition) is 2. The predicted octanol–water partition coefficient (Wildman–Crippen LogP) is 4.23. The fraction of sp³-hybridized carbons (Fsp3) is 0.211. The Balaban J connectivity index is 0.00000261. The predicted molar refractivity (Wildman–Crippen MR) is 99.7 cm³/mol. The minimum atomic E-state index is -4.57. The molecule has 0 saturated heterocycles. The molecule has 0 fully saturated rings. The van der Waals surface area contributed by atoms with Crippen LogP contribution >= 0.6 is 12.4 Å². The lowest BCUT2D eigenvalue weighted by atomic mass is 10.0. The van der Waals surface area contributed by atoms with Crippen molar-refractivity contribution in [3.05, 3.63) is 60.3 Å². The highest BCUT2D eigenvalue weighted by molar-refractivity contribution is 5.88.